The highest BCUT2D eigenvalue weighted by molar-refractivity contribution is 6.07. The van der Waals surface area contributed by atoms with Gasteiger partial charge >= 0.3 is 5.69 Å². The summed E-state index contributed by atoms with van der Waals surface area (Å²) in [4.78, 5) is 24.1. The third kappa shape index (κ3) is 7.41. The van der Waals surface area contributed by atoms with Gasteiger partial charge in [-0.25, -0.2) is 0 Å². The van der Waals surface area contributed by atoms with Crippen molar-refractivity contribution in [3.8, 4) is 11.5 Å². The van der Waals surface area contributed by atoms with Crippen LogP contribution in [0.2, 0.25) is 0 Å². The van der Waals surface area contributed by atoms with Gasteiger partial charge in [0.2, 0.25) is 5.75 Å². The zero-order valence-electron chi connectivity index (χ0n) is 20.3. The molecule has 0 radical (unpaired) electrons. The highest BCUT2D eigenvalue weighted by Gasteiger charge is 2.23. The van der Waals surface area contributed by atoms with E-state index >= 15 is 0 Å². The van der Waals surface area contributed by atoms with Crippen LogP contribution in [0.3, 0.4) is 0 Å². The van der Waals surface area contributed by atoms with Crippen molar-refractivity contribution in [2.45, 2.75) is 25.9 Å². The molecule has 4 aromatic carbocycles. The van der Waals surface area contributed by atoms with E-state index in [0.29, 0.717) is 18.0 Å². The van der Waals surface area contributed by atoms with Crippen LogP contribution < -0.4 is 14.8 Å². The van der Waals surface area contributed by atoms with Gasteiger partial charge in [-0.1, -0.05) is 66.7 Å². The third-order valence-electron chi connectivity index (χ3n) is 5.75. The van der Waals surface area contributed by atoms with Gasteiger partial charge in [0.25, 0.3) is 5.91 Å². The molecule has 0 saturated heterocycles. The molecule has 0 heterocycles. The van der Waals surface area contributed by atoms with Crippen LogP contribution >= 0.6 is 0 Å². The summed E-state index contributed by atoms with van der Waals surface area (Å²) in [6, 6.07) is 31.0. The predicted octanol–water partition coefficient (Wildman–Crippen LogP) is 6.83. The second kappa shape index (κ2) is 12.9. The van der Waals surface area contributed by atoms with Gasteiger partial charge in [0.1, 0.15) is 12.4 Å². The number of amides is 1. The number of aryl methyl sites for hydroxylation is 1. The first-order valence-electron chi connectivity index (χ1n) is 12.1. The first-order chi connectivity index (χ1) is 18.1. The summed E-state index contributed by atoms with van der Waals surface area (Å²) in [7, 11) is 0. The average molecular weight is 497 g/mol. The lowest BCUT2D eigenvalue weighted by Gasteiger charge is -2.13. The van der Waals surface area contributed by atoms with Crippen molar-refractivity contribution in [2.24, 2.45) is 0 Å². The third-order valence-corrected chi connectivity index (χ3v) is 5.75. The lowest BCUT2D eigenvalue weighted by molar-refractivity contribution is -0.386. The van der Waals surface area contributed by atoms with Gasteiger partial charge in [-0.15, -0.1) is 0 Å². The van der Waals surface area contributed by atoms with Crippen LogP contribution in [0.4, 0.5) is 11.4 Å². The van der Waals surface area contributed by atoms with Crippen LogP contribution in [-0.2, 0) is 13.0 Å². The van der Waals surface area contributed by atoms with E-state index < -0.39 is 10.8 Å². The maximum atomic E-state index is 13.0. The second-order valence-corrected chi connectivity index (χ2v) is 8.45. The number of hydrogen-bond donors (Lipinski definition) is 1. The van der Waals surface area contributed by atoms with Gasteiger partial charge in [0.15, 0.2) is 0 Å². The largest absolute Gasteiger partial charge is 0.494 e. The molecular formula is C30H28N2O5. The molecule has 0 aliphatic carbocycles. The fourth-order valence-corrected chi connectivity index (χ4v) is 3.83. The average Bonchev–Trinajstić information content (AvgIpc) is 2.93. The van der Waals surface area contributed by atoms with Crippen molar-refractivity contribution in [1.29, 1.82) is 0 Å². The molecule has 0 fully saturated rings. The van der Waals surface area contributed by atoms with Crippen LogP contribution in [0.1, 0.15) is 34.3 Å². The number of nitro benzene ring substituents is 1. The van der Waals surface area contributed by atoms with Gasteiger partial charge in [0.05, 0.1) is 17.1 Å². The lowest BCUT2D eigenvalue weighted by Crippen LogP contribution is -2.14. The maximum absolute atomic E-state index is 13.0. The summed E-state index contributed by atoms with van der Waals surface area (Å²) >= 11 is 0. The number of ether oxygens (including phenoxy) is 2. The Hall–Kier alpha value is -4.65. The van der Waals surface area contributed by atoms with E-state index in [1.807, 2.05) is 48.5 Å². The molecule has 0 aromatic heterocycles. The van der Waals surface area contributed by atoms with E-state index in [1.165, 1.54) is 23.8 Å². The molecule has 1 N–H and O–H groups in total. The van der Waals surface area contributed by atoms with Crippen LogP contribution in [0, 0.1) is 10.1 Å². The number of nitrogens with one attached hydrogen (secondary N) is 1. The van der Waals surface area contributed by atoms with Crippen LogP contribution in [0.15, 0.2) is 103 Å². The first-order valence-corrected chi connectivity index (χ1v) is 12.1. The van der Waals surface area contributed by atoms with Gasteiger partial charge in [0, 0.05) is 11.8 Å². The van der Waals surface area contributed by atoms with Gasteiger partial charge < -0.3 is 14.8 Å². The number of carbonyl (C=O) groups excluding carboxylic acids is 1. The number of benzene rings is 4. The normalized spacial score (nSPS) is 10.5. The standard InChI is InChI=1S/C30H28N2O5/c33-30(27-15-9-16-28(32(34)35)29(27)37-22-24-13-5-2-6-14-24)31-25-17-19-26(20-18-25)36-21-8-7-12-23-10-3-1-4-11-23/h1-6,9-11,13-20H,7-8,12,21-22H2,(H,31,33). The number of anilines is 1. The van der Waals surface area contributed by atoms with Crippen molar-refractivity contribution >= 4 is 17.3 Å². The minimum Gasteiger partial charge on any atom is -0.494 e. The van der Waals surface area contributed by atoms with E-state index in [4.69, 9.17) is 9.47 Å². The molecule has 0 aliphatic heterocycles. The van der Waals surface area contributed by atoms with E-state index in [1.54, 1.807) is 24.3 Å². The van der Waals surface area contributed by atoms with Crippen LogP contribution in [0.5, 0.6) is 11.5 Å². The number of nitrogens with zero attached hydrogens (tertiary/aromatic N) is 1. The molecule has 0 unspecified atom stereocenters. The Kier molecular flexibility index (Phi) is 8.86. The van der Waals surface area contributed by atoms with Crippen molar-refractivity contribution in [2.75, 3.05) is 11.9 Å². The highest BCUT2D eigenvalue weighted by atomic mass is 16.6. The summed E-state index contributed by atoms with van der Waals surface area (Å²) in [5.41, 5.74) is 2.52. The molecule has 4 aromatic rings. The predicted molar refractivity (Wildman–Crippen MR) is 143 cm³/mol. The Morgan fingerprint density at radius 2 is 1.43 bits per heavy atom. The smallest absolute Gasteiger partial charge is 0.311 e. The Morgan fingerprint density at radius 3 is 2.11 bits per heavy atom. The minimum atomic E-state index is -0.552. The second-order valence-electron chi connectivity index (χ2n) is 8.45. The SMILES string of the molecule is O=C(Nc1ccc(OCCCCc2ccccc2)cc1)c1cccc([N+](=O)[O-])c1OCc1ccccc1. The van der Waals surface area contributed by atoms with Crippen LogP contribution in [0.25, 0.3) is 0 Å². The fourth-order valence-electron chi connectivity index (χ4n) is 3.83. The quantitative estimate of drug-likeness (QED) is 0.132. The molecule has 0 bridgehead atoms. The fraction of sp³-hybridized carbons (Fsp3) is 0.167. The highest BCUT2D eigenvalue weighted by Crippen LogP contribution is 2.32. The number of rotatable bonds is 12. The first kappa shape index (κ1) is 25.4. The molecule has 0 atom stereocenters. The van der Waals surface area contributed by atoms with E-state index in [9.17, 15) is 14.9 Å². The molecule has 37 heavy (non-hydrogen) atoms. The Labute approximate surface area is 215 Å². The van der Waals surface area contributed by atoms with Gasteiger partial charge in [-0.05, 0) is 60.7 Å². The number of hydrogen-bond acceptors (Lipinski definition) is 5. The number of unbranched alkanes of at least 4 members (excludes halogenated alkanes) is 1. The summed E-state index contributed by atoms with van der Waals surface area (Å²) in [6.45, 7) is 0.706. The molecule has 7 nitrogen and oxygen atoms in total. The zero-order valence-corrected chi connectivity index (χ0v) is 20.3. The Balaban J connectivity index is 1.34. The number of nitro groups is 1. The van der Waals surface area contributed by atoms with Gasteiger partial charge in [-0.3, -0.25) is 14.9 Å². The molecule has 188 valence electrons. The van der Waals surface area contributed by atoms with E-state index in [0.717, 1.165) is 24.8 Å². The molecular weight excluding hydrogens is 468 g/mol. The molecule has 0 saturated carbocycles. The molecule has 0 spiro atoms. The van der Waals surface area contributed by atoms with E-state index in [2.05, 4.69) is 17.4 Å². The summed E-state index contributed by atoms with van der Waals surface area (Å²) in [6.07, 6.45) is 2.99. The van der Waals surface area contributed by atoms with Crippen molar-refractivity contribution < 1.29 is 19.2 Å². The van der Waals surface area contributed by atoms with Crippen molar-refractivity contribution in [3.63, 3.8) is 0 Å². The minimum absolute atomic E-state index is 0.0655. The monoisotopic (exact) mass is 496 g/mol. The zero-order chi connectivity index (χ0) is 25.9. The number of carbonyl (C=O) groups is 1. The van der Waals surface area contributed by atoms with E-state index in [-0.39, 0.29) is 23.6 Å². The lowest BCUT2D eigenvalue weighted by atomic mass is 10.1. The molecule has 7 heteroatoms. The topological polar surface area (TPSA) is 90.7 Å². The molecule has 0 aliphatic rings. The Morgan fingerprint density at radius 1 is 0.757 bits per heavy atom. The van der Waals surface area contributed by atoms with Gasteiger partial charge in [-0.2, -0.15) is 0 Å². The molecule has 1 amide bonds. The Bertz CT molecular complexity index is 1310. The maximum Gasteiger partial charge on any atom is 0.311 e. The van der Waals surface area contributed by atoms with Crippen molar-refractivity contribution in [3.05, 3.63) is 130 Å². The molecule has 4 rings (SSSR count). The summed E-state index contributed by atoms with van der Waals surface area (Å²) in [5, 5.41) is 14.4. The van der Waals surface area contributed by atoms with Crippen LogP contribution in [-0.4, -0.2) is 17.4 Å². The van der Waals surface area contributed by atoms with Crippen molar-refractivity contribution in [1.82, 2.24) is 0 Å². The summed E-state index contributed by atoms with van der Waals surface area (Å²) in [5.74, 6) is 0.144. The summed E-state index contributed by atoms with van der Waals surface area (Å²) < 4.78 is 11.6. The number of para-hydroxylation sites is 1.